The van der Waals surface area contributed by atoms with Gasteiger partial charge < -0.3 is 14.8 Å². The van der Waals surface area contributed by atoms with Gasteiger partial charge >= 0.3 is 6.61 Å². The van der Waals surface area contributed by atoms with Gasteiger partial charge in [0.25, 0.3) is 5.56 Å². The number of aromatic nitrogens is 2. The molecule has 1 saturated heterocycles. The SMILES string of the molecule is CC1(C)CC(n2[nH]c(=O)c3c2NC(=O)CSC3c2cccc(OC(F)F)c2)CCO1. The van der Waals surface area contributed by atoms with E-state index in [4.69, 9.17) is 4.74 Å². The maximum Gasteiger partial charge on any atom is 0.387 e. The molecule has 2 aliphatic rings. The molecule has 1 fully saturated rings. The summed E-state index contributed by atoms with van der Waals surface area (Å²) in [4.78, 5) is 25.4. The second kappa shape index (κ2) is 8.07. The fourth-order valence-electron chi connectivity index (χ4n) is 4.05. The molecule has 0 spiro atoms. The second-order valence-corrected chi connectivity index (χ2v) is 9.11. The molecule has 2 aliphatic heterocycles. The Morgan fingerprint density at radius 2 is 2.13 bits per heavy atom. The van der Waals surface area contributed by atoms with Crippen LogP contribution in [0.1, 0.15) is 49.1 Å². The Labute approximate surface area is 176 Å². The van der Waals surface area contributed by atoms with E-state index in [1.54, 1.807) is 16.8 Å². The van der Waals surface area contributed by atoms with Crippen LogP contribution in [-0.2, 0) is 9.53 Å². The molecule has 0 saturated carbocycles. The van der Waals surface area contributed by atoms with Crippen LogP contribution in [0.4, 0.5) is 14.6 Å². The molecule has 2 atom stereocenters. The number of anilines is 1. The molecule has 0 aliphatic carbocycles. The number of thioether (sulfide) groups is 1. The van der Waals surface area contributed by atoms with Crippen LogP contribution in [0.15, 0.2) is 29.1 Å². The van der Waals surface area contributed by atoms with Gasteiger partial charge in [-0.3, -0.25) is 19.4 Å². The number of hydrogen-bond donors (Lipinski definition) is 2. The molecule has 1 aromatic carbocycles. The maximum absolute atomic E-state index is 13.0. The number of aromatic amines is 1. The summed E-state index contributed by atoms with van der Waals surface area (Å²) < 4.78 is 37.3. The van der Waals surface area contributed by atoms with Crippen molar-refractivity contribution >= 4 is 23.5 Å². The Hall–Kier alpha value is -2.33. The summed E-state index contributed by atoms with van der Waals surface area (Å²) in [5.74, 6) is 0.360. The molecule has 30 heavy (non-hydrogen) atoms. The average Bonchev–Trinajstić information content (AvgIpc) is 2.87. The van der Waals surface area contributed by atoms with E-state index < -0.39 is 11.9 Å². The van der Waals surface area contributed by atoms with E-state index in [9.17, 15) is 18.4 Å². The summed E-state index contributed by atoms with van der Waals surface area (Å²) in [6, 6.07) is 6.21. The van der Waals surface area contributed by atoms with Crippen LogP contribution < -0.4 is 15.6 Å². The minimum absolute atomic E-state index is 0.00947. The number of rotatable bonds is 4. The van der Waals surface area contributed by atoms with Crippen molar-refractivity contribution in [3.05, 3.63) is 45.7 Å². The lowest BCUT2D eigenvalue weighted by molar-refractivity contribution is -0.113. The van der Waals surface area contributed by atoms with E-state index in [1.165, 1.54) is 23.9 Å². The Morgan fingerprint density at radius 1 is 1.33 bits per heavy atom. The molecule has 4 rings (SSSR count). The van der Waals surface area contributed by atoms with Gasteiger partial charge in [-0.2, -0.15) is 8.78 Å². The lowest BCUT2D eigenvalue weighted by Gasteiger charge is -2.36. The fourth-order valence-corrected chi connectivity index (χ4v) is 5.17. The van der Waals surface area contributed by atoms with Crippen molar-refractivity contribution in [2.24, 2.45) is 0 Å². The minimum atomic E-state index is -2.94. The number of amides is 1. The number of ether oxygens (including phenoxy) is 2. The normalized spacial score (nSPS) is 23.6. The topological polar surface area (TPSA) is 85.4 Å². The van der Waals surface area contributed by atoms with Gasteiger partial charge in [0, 0.05) is 6.61 Å². The molecule has 10 heteroatoms. The van der Waals surface area contributed by atoms with Crippen molar-refractivity contribution in [2.75, 3.05) is 17.7 Å². The quantitative estimate of drug-likeness (QED) is 0.759. The predicted molar refractivity (Wildman–Crippen MR) is 109 cm³/mol. The van der Waals surface area contributed by atoms with E-state index in [2.05, 4.69) is 15.2 Å². The summed E-state index contributed by atoms with van der Waals surface area (Å²) >= 11 is 1.28. The zero-order valence-electron chi connectivity index (χ0n) is 16.6. The Kier molecular flexibility index (Phi) is 5.63. The minimum Gasteiger partial charge on any atom is -0.435 e. The van der Waals surface area contributed by atoms with Crippen molar-refractivity contribution in [3.63, 3.8) is 0 Å². The zero-order chi connectivity index (χ0) is 21.5. The highest BCUT2D eigenvalue weighted by molar-refractivity contribution is 8.00. The van der Waals surface area contributed by atoms with E-state index in [1.807, 2.05) is 13.8 Å². The first kappa shape index (κ1) is 20.9. The van der Waals surface area contributed by atoms with E-state index in [0.717, 1.165) is 0 Å². The van der Waals surface area contributed by atoms with Crippen LogP contribution in [0, 0.1) is 0 Å². The number of carbonyl (C=O) groups is 1. The number of benzene rings is 1. The van der Waals surface area contributed by atoms with Crippen molar-refractivity contribution < 1.29 is 23.0 Å². The highest BCUT2D eigenvalue weighted by Gasteiger charge is 2.36. The predicted octanol–water partition coefficient (Wildman–Crippen LogP) is 3.68. The standard InChI is InChI=1S/C20H23F2N3O4S/c1-20(2)9-12(6-7-28-20)25-17-15(18(27)24-25)16(30-10-14(26)23-17)11-4-3-5-13(8-11)29-19(21)22/h3-5,8,12,16,19H,6-7,9-10H2,1-2H3,(H,23,26)(H,24,27). The molecule has 162 valence electrons. The Balaban J connectivity index is 1.76. The number of carbonyl (C=O) groups excluding carboxylic acids is 1. The van der Waals surface area contributed by atoms with Crippen LogP contribution in [0.3, 0.4) is 0 Å². The van der Waals surface area contributed by atoms with Crippen LogP contribution in [0.5, 0.6) is 5.75 Å². The summed E-state index contributed by atoms with van der Waals surface area (Å²) in [7, 11) is 0. The van der Waals surface area contributed by atoms with Crippen molar-refractivity contribution in [1.82, 2.24) is 9.78 Å². The largest absolute Gasteiger partial charge is 0.435 e. The first-order chi connectivity index (χ1) is 14.2. The molecule has 1 aromatic heterocycles. The third kappa shape index (κ3) is 4.24. The zero-order valence-corrected chi connectivity index (χ0v) is 17.4. The van der Waals surface area contributed by atoms with E-state index in [-0.39, 0.29) is 34.6 Å². The molecule has 2 aromatic rings. The van der Waals surface area contributed by atoms with E-state index >= 15 is 0 Å². The van der Waals surface area contributed by atoms with Crippen molar-refractivity contribution in [3.8, 4) is 5.75 Å². The van der Waals surface area contributed by atoms with Crippen LogP contribution in [0.2, 0.25) is 0 Å². The number of H-pyrrole nitrogens is 1. The molecule has 2 unspecified atom stereocenters. The monoisotopic (exact) mass is 439 g/mol. The summed E-state index contributed by atoms with van der Waals surface area (Å²) in [5, 5.41) is 5.24. The summed E-state index contributed by atoms with van der Waals surface area (Å²) in [6.07, 6.45) is 1.38. The Bertz CT molecular complexity index is 1000. The van der Waals surface area contributed by atoms with Crippen LogP contribution >= 0.6 is 11.8 Å². The summed E-state index contributed by atoms with van der Waals surface area (Å²) in [5.41, 5.74) is 0.367. The first-order valence-electron chi connectivity index (χ1n) is 9.68. The van der Waals surface area contributed by atoms with Crippen LogP contribution in [-0.4, -0.2) is 40.3 Å². The van der Waals surface area contributed by atoms with Gasteiger partial charge in [0.1, 0.15) is 11.6 Å². The second-order valence-electron chi connectivity index (χ2n) is 8.02. The number of fused-ring (bicyclic) bond motifs is 1. The van der Waals surface area contributed by atoms with Gasteiger partial charge in [0.2, 0.25) is 5.91 Å². The Morgan fingerprint density at radius 3 is 2.87 bits per heavy atom. The first-order valence-corrected chi connectivity index (χ1v) is 10.7. The number of nitrogens with zero attached hydrogens (tertiary/aromatic N) is 1. The van der Waals surface area contributed by atoms with Crippen LogP contribution in [0.25, 0.3) is 0 Å². The molecular weight excluding hydrogens is 416 g/mol. The van der Waals surface area contributed by atoms with Gasteiger partial charge in [-0.05, 0) is 44.4 Å². The highest BCUT2D eigenvalue weighted by atomic mass is 32.2. The lowest BCUT2D eigenvalue weighted by Crippen LogP contribution is -2.36. The van der Waals surface area contributed by atoms with Gasteiger partial charge in [0.15, 0.2) is 0 Å². The highest BCUT2D eigenvalue weighted by Crippen LogP contribution is 2.42. The number of nitrogens with one attached hydrogen (secondary N) is 2. The maximum atomic E-state index is 13.0. The molecule has 1 amide bonds. The van der Waals surface area contributed by atoms with Crippen molar-refractivity contribution in [1.29, 1.82) is 0 Å². The van der Waals surface area contributed by atoms with Gasteiger partial charge in [-0.15, -0.1) is 11.8 Å². The number of halogens is 2. The van der Waals surface area contributed by atoms with Gasteiger partial charge in [-0.25, -0.2) is 0 Å². The van der Waals surface area contributed by atoms with Gasteiger partial charge in [-0.1, -0.05) is 12.1 Å². The number of alkyl halides is 2. The average molecular weight is 439 g/mol. The molecule has 0 radical (unpaired) electrons. The molecular formula is C20H23F2N3O4S. The third-order valence-electron chi connectivity index (χ3n) is 5.29. The number of hydrogen-bond acceptors (Lipinski definition) is 5. The van der Waals surface area contributed by atoms with E-state index in [0.29, 0.717) is 36.4 Å². The third-order valence-corrected chi connectivity index (χ3v) is 6.56. The van der Waals surface area contributed by atoms with Gasteiger partial charge in [0.05, 0.1) is 28.2 Å². The molecule has 0 bridgehead atoms. The smallest absolute Gasteiger partial charge is 0.387 e. The molecule has 7 nitrogen and oxygen atoms in total. The molecule has 2 N–H and O–H groups in total. The van der Waals surface area contributed by atoms with Crippen molar-refractivity contribution in [2.45, 2.75) is 50.2 Å². The lowest BCUT2D eigenvalue weighted by atomic mass is 9.94. The fraction of sp³-hybridized carbons (Fsp3) is 0.500. The summed E-state index contributed by atoms with van der Waals surface area (Å²) in [6.45, 7) is 1.59. The molecule has 3 heterocycles.